The molecule has 0 saturated carbocycles. The summed E-state index contributed by atoms with van der Waals surface area (Å²) in [6, 6.07) is 0. The number of carbonyl (C=O) groups is 1. The first-order valence-corrected chi connectivity index (χ1v) is 4.08. The zero-order valence-corrected chi connectivity index (χ0v) is 8.76. The van der Waals surface area contributed by atoms with Gasteiger partial charge >= 0.3 is 5.97 Å². The van der Waals surface area contributed by atoms with Gasteiger partial charge in [0.15, 0.2) is 0 Å². The molecule has 0 aliphatic carbocycles. The largest absolute Gasteiger partial charge is 0.480 e. The van der Waals surface area contributed by atoms with Crippen LogP contribution in [0.1, 0.15) is 12.8 Å². The Morgan fingerprint density at radius 1 is 1.54 bits per heavy atom. The number of aliphatic carboxylic acids is 1. The molecule has 0 bridgehead atoms. The molecule has 4 nitrogen and oxygen atoms in total. The van der Waals surface area contributed by atoms with E-state index in [1.54, 1.807) is 19.0 Å². The lowest BCUT2D eigenvalue weighted by Crippen LogP contribution is -2.56. The fraction of sp³-hybridized carbons (Fsp3) is 0.875. The third-order valence-corrected chi connectivity index (χ3v) is 2.47. The highest BCUT2D eigenvalue weighted by Gasteiger charge is 2.42. The molecule has 1 aliphatic heterocycles. The summed E-state index contributed by atoms with van der Waals surface area (Å²) in [6.07, 6.45) is 1.50. The number of hydrogen-bond donors (Lipinski definition) is 1. The highest BCUT2D eigenvalue weighted by molar-refractivity contribution is 5.85. The van der Waals surface area contributed by atoms with Crippen LogP contribution in [-0.4, -0.2) is 48.8 Å². The van der Waals surface area contributed by atoms with E-state index in [1.807, 2.05) is 0 Å². The first kappa shape index (κ1) is 12.7. The van der Waals surface area contributed by atoms with E-state index < -0.39 is 11.5 Å². The Bertz CT molecular complexity index is 178. The summed E-state index contributed by atoms with van der Waals surface area (Å²) in [5.74, 6) is -0.785. The van der Waals surface area contributed by atoms with E-state index in [9.17, 15) is 4.79 Å². The van der Waals surface area contributed by atoms with Crippen LogP contribution in [0.5, 0.6) is 0 Å². The molecule has 0 amide bonds. The zero-order valence-electron chi connectivity index (χ0n) is 7.95. The monoisotopic (exact) mass is 209 g/mol. The molecule has 1 atom stereocenters. The minimum Gasteiger partial charge on any atom is -0.480 e. The Hall–Kier alpha value is -0.320. The van der Waals surface area contributed by atoms with E-state index in [2.05, 4.69) is 0 Å². The first-order valence-electron chi connectivity index (χ1n) is 4.08. The predicted molar refractivity (Wildman–Crippen MR) is 51.4 cm³/mol. The summed E-state index contributed by atoms with van der Waals surface area (Å²) >= 11 is 0. The van der Waals surface area contributed by atoms with Crippen LogP contribution in [0.3, 0.4) is 0 Å². The van der Waals surface area contributed by atoms with Crippen LogP contribution in [0.2, 0.25) is 0 Å². The zero-order chi connectivity index (χ0) is 9.19. The average Bonchev–Trinajstić information content (AvgIpc) is 2.05. The number of carboxylic acids is 1. The second kappa shape index (κ2) is 4.79. The molecule has 0 radical (unpaired) electrons. The van der Waals surface area contributed by atoms with Gasteiger partial charge in [-0.05, 0) is 26.9 Å². The first-order chi connectivity index (χ1) is 5.59. The molecule has 0 aromatic carbocycles. The standard InChI is InChI=1S/C8H15NO3.ClH/c1-9(2)8(7(10)11)4-3-5-12-6-8;/h3-6H2,1-2H3,(H,10,11);1H. The molecule has 1 fully saturated rings. The summed E-state index contributed by atoms with van der Waals surface area (Å²) < 4.78 is 5.19. The molecule has 13 heavy (non-hydrogen) atoms. The molecule has 1 aliphatic rings. The number of nitrogens with zero attached hydrogens (tertiary/aromatic N) is 1. The molecule has 0 aromatic heterocycles. The van der Waals surface area contributed by atoms with Gasteiger partial charge in [-0.1, -0.05) is 0 Å². The van der Waals surface area contributed by atoms with Crippen molar-refractivity contribution in [2.75, 3.05) is 27.3 Å². The maximum absolute atomic E-state index is 11.0. The lowest BCUT2D eigenvalue weighted by molar-refractivity contribution is -0.158. The van der Waals surface area contributed by atoms with Gasteiger partial charge in [0.1, 0.15) is 5.54 Å². The van der Waals surface area contributed by atoms with Gasteiger partial charge in [0.05, 0.1) is 6.61 Å². The Morgan fingerprint density at radius 3 is 2.38 bits per heavy atom. The molecule has 1 saturated heterocycles. The lowest BCUT2D eigenvalue weighted by atomic mass is 9.91. The Kier molecular flexibility index (Phi) is 4.67. The molecule has 1 unspecified atom stereocenters. The van der Waals surface area contributed by atoms with Gasteiger partial charge < -0.3 is 9.84 Å². The van der Waals surface area contributed by atoms with E-state index in [0.717, 1.165) is 6.42 Å². The fourth-order valence-corrected chi connectivity index (χ4v) is 1.49. The van der Waals surface area contributed by atoms with Crippen molar-refractivity contribution in [3.8, 4) is 0 Å². The second-order valence-electron chi connectivity index (χ2n) is 3.39. The van der Waals surface area contributed by atoms with E-state index in [1.165, 1.54) is 0 Å². The van der Waals surface area contributed by atoms with E-state index in [0.29, 0.717) is 19.6 Å². The second-order valence-corrected chi connectivity index (χ2v) is 3.39. The van der Waals surface area contributed by atoms with Crippen molar-refractivity contribution in [3.63, 3.8) is 0 Å². The van der Waals surface area contributed by atoms with Crippen LogP contribution in [0, 0.1) is 0 Å². The van der Waals surface area contributed by atoms with Crippen molar-refractivity contribution < 1.29 is 14.6 Å². The molecule has 1 rings (SSSR count). The van der Waals surface area contributed by atoms with E-state index >= 15 is 0 Å². The highest BCUT2D eigenvalue weighted by Crippen LogP contribution is 2.24. The van der Waals surface area contributed by atoms with E-state index in [-0.39, 0.29) is 12.4 Å². The lowest BCUT2D eigenvalue weighted by Gasteiger charge is -2.38. The number of rotatable bonds is 2. The molecule has 1 N–H and O–H groups in total. The topological polar surface area (TPSA) is 49.8 Å². The quantitative estimate of drug-likeness (QED) is 0.724. The van der Waals surface area contributed by atoms with Gasteiger partial charge in [-0.15, -0.1) is 12.4 Å². The van der Waals surface area contributed by atoms with Gasteiger partial charge in [0.2, 0.25) is 0 Å². The van der Waals surface area contributed by atoms with Crippen LogP contribution in [0.15, 0.2) is 0 Å². The molecular formula is C8H16ClNO3. The fourth-order valence-electron chi connectivity index (χ4n) is 1.49. The number of hydrogen-bond acceptors (Lipinski definition) is 3. The van der Waals surface area contributed by atoms with E-state index in [4.69, 9.17) is 9.84 Å². The predicted octanol–water partition coefficient (Wildman–Crippen LogP) is 0.604. The molecule has 1 heterocycles. The minimum atomic E-state index is -0.793. The third-order valence-electron chi connectivity index (χ3n) is 2.47. The Balaban J connectivity index is 0.00000144. The van der Waals surface area contributed by atoms with Crippen LogP contribution in [0.4, 0.5) is 0 Å². The maximum atomic E-state index is 11.0. The number of likely N-dealkylation sites (N-methyl/N-ethyl adjacent to an activating group) is 1. The van der Waals surface area contributed by atoms with Crippen molar-refractivity contribution in [2.24, 2.45) is 0 Å². The van der Waals surface area contributed by atoms with Gasteiger partial charge in [-0.25, -0.2) is 0 Å². The molecule has 78 valence electrons. The van der Waals surface area contributed by atoms with Crippen molar-refractivity contribution >= 4 is 18.4 Å². The number of ether oxygens (including phenoxy) is 1. The normalized spacial score (nSPS) is 28.2. The third kappa shape index (κ3) is 2.33. The summed E-state index contributed by atoms with van der Waals surface area (Å²) in [5, 5.41) is 9.04. The van der Waals surface area contributed by atoms with Crippen molar-refractivity contribution in [3.05, 3.63) is 0 Å². The summed E-state index contributed by atoms with van der Waals surface area (Å²) in [6.45, 7) is 0.984. The number of carboxylic acid groups (broad SMARTS) is 1. The van der Waals surface area contributed by atoms with Gasteiger partial charge in [0, 0.05) is 6.61 Å². The van der Waals surface area contributed by atoms with Gasteiger partial charge in [-0.3, -0.25) is 9.69 Å². The maximum Gasteiger partial charge on any atom is 0.326 e. The average molecular weight is 210 g/mol. The minimum absolute atomic E-state index is 0. The Labute approximate surface area is 84.3 Å². The Morgan fingerprint density at radius 2 is 2.15 bits per heavy atom. The summed E-state index contributed by atoms with van der Waals surface area (Å²) in [4.78, 5) is 12.7. The molecule has 0 spiro atoms. The molecular weight excluding hydrogens is 194 g/mol. The van der Waals surface area contributed by atoms with Crippen molar-refractivity contribution in [2.45, 2.75) is 18.4 Å². The molecule has 0 aromatic rings. The van der Waals surface area contributed by atoms with Crippen LogP contribution < -0.4 is 0 Å². The van der Waals surface area contributed by atoms with Crippen LogP contribution >= 0.6 is 12.4 Å². The van der Waals surface area contributed by atoms with Crippen molar-refractivity contribution in [1.29, 1.82) is 0 Å². The van der Waals surface area contributed by atoms with Crippen LogP contribution in [0.25, 0.3) is 0 Å². The van der Waals surface area contributed by atoms with Crippen molar-refractivity contribution in [1.82, 2.24) is 4.90 Å². The van der Waals surface area contributed by atoms with Crippen LogP contribution in [-0.2, 0) is 9.53 Å². The summed E-state index contributed by atoms with van der Waals surface area (Å²) in [5.41, 5.74) is -0.793. The smallest absolute Gasteiger partial charge is 0.326 e. The SMILES string of the molecule is CN(C)C1(C(=O)O)CCCOC1.Cl. The highest BCUT2D eigenvalue weighted by atomic mass is 35.5. The van der Waals surface area contributed by atoms with Gasteiger partial charge in [0.25, 0.3) is 0 Å². The summed E-state index contributed by atoms with van der Waals surface area (Å²) in [7, 11) is 3.56. The van der Waals surface area contributed by atoms with Gasteiger partial charge in [-0.2, -0.15) is 0 Å². The number of halogens is 1. The molecule has 5 heteroatoms.